The number of nitrogens with zero attached hydrogens (tertiary/aromatic N) is 1. The second-order valence-corrected chi connectivity index (χ2v) is 5.44. The summed E-state index contributed by atoms with van der Waals surface area (Å²) < 4.78 is 0. The Kier molecular flexibility index (Phi) is 6.02. The lowest BCUT2D eigenvalue weighted by Gasteiger charge is -2.18. The Morgan fingerprint density at radius 2 is 1.95 bits per heavy atom. The fraction of sp³-hybridized carbons (Fsp3) is 0.562. The van der Waals surface area contributed by atoms with Gasteiger partial charge in [-0.1, -0.05) is 30.3 Å². The zero-order valence-electron chi connectivity index (χ0n) is 11.9. The Balaban J connectivity index is 1.72. The van der Waals surface area contributed by atoms with Crippen LogP contribution >= 0.6 is 0 Å². The molecule has 0 aromatic heterocycles. The maximum atomic E-state index is 11.9. The first-order valence-electron chi connectivity index (χ1n) is 7.44. The summed E-state index contributed by atoms with van der Waals surface area (Å²) in [5.41, 5.74) is 1.13. The van der Waals surface area contributed by atoms with Gasteiger partial charge in [0.25, 0.3) is 0 Å². The Hall–Kier alpha value is -1.39. The lowest BCUT2D eigenvalue weighted by atomic mass is 10.1. The number of nitrogens with one attached hydrogen (secondary N) is 1. The van der Waals surface area contributed by atoms with E-state index in [9.17, 15) is 9.90 Å². The van der Waals surface area contributed by atoms with E-state index in [2.05, 4.69) is 10.2 Å². The molecule has 1 saturated heterocycles. The van der Waals surface area contributed by atoms with Crippen LogP contribution in [0.25, 0.3) is 0 Å². The van der Waals surface area contributed by atoms with Crippen LogP contribution in [0.5, 0.6) is 0 Å². The summed E-state index contributed by atoms with van der Waals surface area (Å²) in [4.78, 5) is 14.2. The van der Waals surface area contributed by atoms with Crippen molar-refractivity contribution in [2.45, 2.75) is 31.7 Å². The molecule has 1 fully saturated rings. The van der Waals surface area contributed by atoms with Crippen molar-refractivity contribution >= 4 is 5.91 Å². The second-order valence-electron chi connectivity index (χ2n) is 5.44. The van der Waals surface area contributed by atoms with Gasteiger partial charge in [-0.15, -0.1) is 0 Å². The van der Waals surface area contributed by atoms with Crippen LogP contribution in [0.2, 0.25) is 0 Å². The van der Waals surface area contributed by atoms with Crippen molar-refractivity contribution in [1.29, 1.82) is 0 Å². The predicted octanol–water partition coefficient (Wildman–Crippen LogP) is 1.19. The van der Waals surface area contributed by atoms with Crippen LogP contribution in [0.15, 0.2) is 30.3 Å². The van der Waals surface area contributed by atoms with Crippen LogP contribution in [-0.2, 0) is 11.2 Å². The maximum Gasteiger partial charge on any atom is 0.221 e. The highest BCUT2D eigenvalue weighted by atomic mass is 16.3. The van der Waals surface area contributed by atoms with Gasteiger partial charge in [0.05, 0.1) is 12.6 Å². The molecule has 1 aliphatic heterocycles. The van der Waals surface area contributed by atoms with Gasteiger partial charge >= 0.3 is 0 Å². The van der Waals surface area contributed by atoms with E-state index in [0.29, 0.717) is 12.8 Å². The number of hydrogen-bond donors (Lipinski definition) is 2. The minimum absolute atomic E-state index is 0.0235. The molecule has 1 aliphatic rings. The third kappa shape index (κ3) is 4.94. The molecule has 1 unspecified atom stereocenters. The number of benzene rings is 1. The van der Waals surface area contributed by atoms with E-state index in [1.54, 1.807) is 0 Å². The van der Waals surface area contributed by atoms with E-state index >= 15 is 0 Å². The Morgan fingerprint density at radius 1 is 1.25 bits per heavy atom. The maximum absolute atomic E-state index is 11.9. The Labute approximate surface area is 120 Å². The number of carbonyl (C=O) groups excluding carboxylic acids is 1. The molecule has 2 rings (SSSR count). The van der Waals surface area contributed by atoms with Gasteiger partial charge in [-0.2, -0.15) is 0 Å². The lowest BCUT2D eigenvalue weighted by molar-refractivity contribution is -0.122. The molecule has 4 nitrogen and oxygen atoms in total. The first kappa shape index (κ1) is 15.0. The molecule has 0 spiro atoms. The molecule has 1 aromatic carbocycles. The summed E-state index contributed by atoms with van der Waals surface area (Å²) >= 11 is 0. The van der Waals surface area contributed by atoms with Crippen molar-refractivity contribution < 1.29 is 9.90 Å². The number of likely N-dealkylation sites (tertiary alicyclic amines) is 1. The average molecular weight is 276 g/mol. The van der Waals surface area contributed by atoms with Gasteiger partial charge in [0, 0.05) is 13.0 Å². The number of aliphatic hydroxyl groups excluding tert-OH is 1. The molecule has 1 amide bonds. The molecule has 0 radical (unpaired) electrons. The number of amides is 1. The second kappa shape index (κ2) is 8.02. The predicted molar refractivity (Wildman–Crippen MR) is 79.5 cm³/mol. The van der Waals surface area contributed by atoms with Crippen LogP contribution < -0.4 is 5.32 Å². The summed E-state index contributed by atoms with van der Waals surface area (Å²) in [7, 11) is 0. The highest BCUT2D eigenvalue weighted by molar-refractivity contribution is 5.76. The molecular weight excluding hydrogens is 252 g/mol. The van der Waals surface area contributed by atoms with Crippen molar-refractivity contribution in [1.82, 2.24) is 10.2 Å². The smallest absolute Gasteiger partial charge is 0.221 e. The summed E-state index contributed by atoms with van der Waals surface area (Å²) in [5.74, 6) is 0.0341. The van der Waals surface area contributed by atoms with Gasteiger partial charge in [0.1, 0.15) is 0 Å². The molecule has 2 N–H and O–H groups in total. The topological polar surface area (TPSA) is 52.6 Å². The fourth-order valence-electron chi connectivity index (χ4n) is 2.63. The monoisotopic (exact) mass is 276 g/mol. The van der Waals surface area contributed by atoms with E-state index < -0.39 is 0 Å². The molecule has 1 heterocycles. The number of aliphatic hydroxyl groups is 1. The minimum Gasteiger partial charge on any atom is -0.394 e. The first-order chi connectivity index (χ1) is 9.78. The van der Waals surface area contributed by atoms with Crippen LogP contribution in [0.1, 0.15) is 24.8 Å². The largest absolute Gasteiger partial charge is 0.394 e. The van der Waals surface area contributed by atoms with E-state index in [1.807, 2.05) is 30.3 Å². The summed E-state index contributed by atoms with van der Waals surface area (Å²) in [5, 5.41) is 12.3. The zero-order valence-corrected chi connectivity index (χ0v) is 11.9. The van der Waals surface area contributed by atoms with Crippen molar-refractivity contribution in [3.63, 3.8) is 0 Å². The molecule has 0 bridgehead atoms. The third-order valence-corrected chi connectivity index (χ3v) is 3.76. The molecule has 1 aromatic rings. The third-order valence-electron chi connectivity index (χ3n) is 3.76. The molecule has 0 aliphatic carbocycles. The standard InChI is InChI=1S/C16H24N2O2/c19-13-15(12-14-6-2-1-3-7-14)17-16(20)8-11-18-9-4-5-10-18/h1-3,6-7,15,19H,4-5,8-13H2,(H,17,20). The van der Waals surface area contributed by atoms with Crippen molar-refractivity contribution in [3.8, 4) is 0 Å². The Bertz CT molecular complexity index is 402. The van der Waals surface area contributed by atoms with E-state index in [1.165, 1.54) is 12.8 Å². The zero-order chi connectivity index (χ0) is 14.2. The van der Waals surface area contributed by atoms with Crippen LogP contribution in [-0.4, -0.2) is 48.2 Å². The van der Waals surface area contributed by atoms with Crippen LogP contribution in [0.4, 0.5) is 0 Å². The highest BCUT2D eigenvalue weighted by Gasteiger charge is 2.15. The van der Waals surface area contributed by atoms with Gasteiger partial charge in [0.2, 0.25) is 5.91 Å². The van der Waals surface area contributed by atoms with E-state index in [0.717, 1.165) is 25.2 Å². The van der Waals surface area contributed by atoms with Crippen LogP contribution in [0.3, 0.4) is 0 Å². The first-order valence-corrected chi connectivity index (χ1v) is 7.44. The SMILES string of the molecule is O=C(CCN1CCCC1)NC(CO)Cc1ccccc1. The van der Waals surface area contributed by atoms with E-state index in [4.69, 9.17) is 0 Å². The van der Waals surface area contributed by atoms with Crippen LogP contribution in [0, 0.1) is 0 Å². The normalized spacial score (nSPS) is 17.1. The number of hydrogen-bond acceptors (Lipinski definition) is 3. The van der Waals surface area contributed by atoms with Gasteiger partial charge in [-0.25, -0.2) is 0 Å². The minimum atomic E-state index is -0.191. The Morgan fingerprint density at radius 3 is 2.60 bits per heavy atom. The number of rotatable bonds is 7. The van der Waals surface area contributed by atoms with Crippen molar-refractivity contribution in [2.24, 2.45) is 0 Å². The quantitative estimate of drug-likeness (QED) is 0.786. The van der Waals surface area contributed by atoms with Crippen molar-refractivity contribution in [2.75, 3.05) is 26.2 Å². The molecule has 20 heavy (non-hydrogen) atoms. The van der Waals surface area contributed by atoms with Gasteiger partial charge in [0.15, 0.2) is 0 Å². The van der Waals surface area contributed by atoms with E-state index in [-0.39, 0.29) is 18.6 Å². The summed E-state index contributed by atoms with van der Waals surface area (Å²) in [6.07, 6.45) is 3.68. The molecular formula is C16H24N2O2. The number of carbonyl (C=O) groups is 1. The summed E-state index contributed by atoms with van der Waals surface area (Å²) in [6, 6.07) is 9.74. The molecule has 0 saturated carbocycles. The molecule has 1 atom stereocenters. The lowest BCUT2D eigenvalue weighted by Crippen LogP contribution is -2.40. The van der Waals surface area contributed by atoms with Crippen molar-refractivity contribution in [3.05, 3.63) is 35.9 Å². The average Bonchev–Trinajstić information content (AvgIpc) is 2.99. The molecule has 4 heteroatoms. The van der Waals surface area contributed by atoms with Gasteiger partial charge < -0.3 is 15.3 Å². The highest BCUT2D eigenvalue weighted by Crippen LogP contribution is 2.07. The van der Waals surface area contributed by atoms with Gasteiger partial charge in [-0.3, -0.25) is 4.79 Å². The molecule has 110 valence electrons. The summed E-state index contributed by atoms with van der Waals surface area (Å²) in [6.45, 7) is 3.03. The van der Waals surface area contributed by atoms with Gasteiger partial charge in [-0.05, 0) is 37.9 Å². The fourth-order valence-corrected chi connectivity index (χ4v) is 2.63.